The van der Waals surface area contributed by atoms with Gasteiger partial charge in [-0.1, -0.05) is 0 Å². The fourth-order valence-electron chi connectivity index (χ4n) is 2.40. The average Bonchev–Trinajstić information content (AvgIpc) is 2.46. The number of amides is 1. The van der Waals surface area contributed by atoms with E-state index in [1.165, 1.54) is 0 Å². The zero-order valence-electron chi connectivity index (χ0n) is 10.6. The van der Waals surface area contributed by atoms with Gasteiger partial charge in [-0.2, -0.15) is 0 Å². The van der Waals surface area contributed by atoms with Crippen molar-refractivity contribution in [2.24, 2.45) is 0 Å². The third kappa shape index (κ3) is 2.46. The maximum atomic E-state index is 12.5. The van der Waals surface area contributed by atoms with Crippen molar-refractivity contribution < 1.29 is 9.90 Å². The second-order valence-electron chi connectivity index (χ2n) is 4.50. The first kappa shape index (κ1) is 12.8. The second kappa shape index (κ2) is 5.82. The molecule has 1 aliphatic heterocycles. The van der Waals surface area contributed by atoms with Gasteiger partial charge in [0.25, 0.3) is 5.91 Å². The number of hydrogen-bond donors (Lipinski definition) is 2. The highest BCUT2D eigenvalue weighted by molar-refractivity contribution is 5.99. The Morgan fingerprint density at radius 1 is 1.61 bits per heavy atom. The van der Waals surface area contributed by atoms with Gasteiger partial charge in [-0.25, -0.2) is 0 Å². The maximum Gasteiger partial charge on any atom is 0.257 e. The number of carbonyl (C=O) groups excluding carboxylic acids is 1. The molecule has 0 bridgehead atoms. The van der Waals surface area contributed by atoms with Crippen molar-refractivity contribution in [1.29, 1.82) is 0 Å². The van der Waals surface area contributed by atoms with Crippen molar-refractivity contribution in [2.45, 2.75) is 25.3 Å². The molecule has 5 nitrogen and oxygen atoms in total. The lowest BCUT2D eigenvalue weighted by atomic mass is 10.0. The molecule has 5 heteroatoms. The van der Waals surface area contributed by atoms with Crippen LogP contribution in [0.5, 0.6) is 0 Å². The van der Waals surface area contributed by atoms with Gasteiger partial charge in [0.1, 0.15) is 0 Å². The highest BCUT2D eigenvalue weighted by Crippen LogP contribution is 2.22. The number of rotatable bonds is 3. The number of nitrogens with one attached hydrogen (secondary N) is 1. The topological polar surface area (TPSA) is 65.5 Å². The molecule has 2 N–H and O–H groups in total. The summed E-state index contributed by atoms with van der Waals surface area (Å²) in [5.41, 5.74) is 1.35. The summed E-state index contributed by atoms with van der Waals surface area (Å²) in [6.07, 6.45) is 6.18. The number of piperidine rings is 1. The van der Waals surface area contributed by atoms with Crippen molar-refractivity contribution in [3.05, 3.63) is 24.0 Å². The SMILES string of the molecule is CNc1ccncc1C(=O)N1CCCCC1CO. The molecule has 2 rings (SSSR count). The number of likely N-dealkylation sites (tertiary alicyclic amines) is 1. The van der Waals surface area contributed by atoms with E-state index < -0.39 is 0 Å². The van der Waals surface area contributed by atoms with E-state index in [1.54, 1.807) is 30.4 Å². The number of nitrogens with zero attached hydrogens (tertiary/aromatic N) is 2. The largest absolute Gasteiger partial charge is 0.394 e. The molecule has 98 valence electrons. The van der Waals surface area contributed by atoms with Crippen LogP contribution in [0.4, 0.5) is 5.69 Å². The van der Waals surface area contributed by atoms with Crippen molar-refractivity contribution in [2.75, 3.05) is 25.5 Å². The molecule has 1 aromatic heterocycles. The van der Waals surface area contributed by atoms with Crippen LogP contribution in [0, 0.1) is 0 Å². The number of carbonyl (C=O) groups is 1. The minimum Gasteiger partial charge on any atom is -0.394 e. The van der Waals surface area contributed by atoms with Gasteiger partial charge in [0.05, 0.1) is 18.2 Å². The quantitative estimate of drug-likeness (QED) is 0.842. The van der Waals surface area contributed by atoms with E-state index in [0.717, 1.165) is 24.9 Å². The van der Waals surface area contributed by atoms with Crippen LogP contribution in [0.15, 0.2) is 18.5 Å². The second-order valence-corrected chi connectivity index (χ2v) is 4.50. The Hall–Kier alpha value is -1.62. The van der Waals surface area contributed by atoms with E-state index in [0.29, 0.717) is 12.1 Å². The number of aromatic nitrogens is 1. The molecule has 0 aromatic carbocycles. The molecule has 1 unspecified atom stereocenters. The van der Waals surface area contributed by atoms with E-state index >= 15 is 0 Å². The van der Waals surface area contributed by atoms with E-state index in [1.807, 2.05) is 0 Å². The molecule has 18 heavy (non-hydrogen) atoms. The van der Waals surface area contributed by atoms with Crippen molar-refractivity contribution >= 4 is 11.6 Å². The Morgan fingerprint density at radius 3 is 3.17 bits per heavy atom. The van der Waals surface area contributed by atoms with Crippen LogP contribution in [0.3, 0.4) is 0 Å². The first-order valence-corrected chi connectivity index (χ1v) is 6.31. The van der Waals surface area contributed by atoms with Crippen LogP contribution in [-0.4, -0.2) is 47.1 Å². The molecule has 0 radical (unpaired) electrons. The van der Waals surface area contributed by atoms with E-state index in [4.69, 9.17) is 0 Å². The molecule has 1 aliphatic rings. The van der Waals surface area contributed by atoms with Gasteiger partial charge in [-0.15, -0.1) is 0 Å². The van der Waals surface area contributed by atoms with Crippen LogP contribution in [-0.2, 0) is 0 Å². The Balaban J connectivity index is 2.24. The predicted octanol–water partition coefficient (Wildman–Crippen LogP) is 1.11. The summed E-state index contributed by atoms with van der Waals surface area (Å²) in [6.45, 7) is 0.739. The first-order chi connectivity index (χ1) is 8.77. The summed E-state index contributed by atoms with van der Waals surface area (Å²) >= 11 is 0. The Bertz CT molecular complexity index is 422. The Kier molecular flexibility index (Phi) is 4.15. The fourth-order valence-corrected chi connectivity index (χ4v) is 2.40. The van der Waals surface area contributed by atoms with Crippen LogP contribution >= 0.6 is 0 Å². The van der Waals surface area contributed by atoms with Gasteiger partial charge in [-0.3, -0.25) is 9.78 Å². The number of anilines is 1. The van der Waals surface area contributed by atoms with Gasteiger partial charge >= 0.3 is 0 Å². The van der Waals surface area contributed by atoms with Crippen LogP contribution in [0.25, 0.3) is 0 Å². The van der Waals surface area contributed by atoms with Gasteiger partial charge in [0.15, 0.2) is 0 Å². The maximum absolute atomic E-state index is 12.5. The fraction of sp³-hybridized carbons (Fsp3) is 0.538. The van der Waals surface area contributed by atoms with Crippen LogP contribution < -0.4 is 5.32 Å². The molecule has 1 aromatic rings. The summed E-state index contributed by atoms with van der Waals surface area (Å²) in [7, 11) is 1.78. The molecule has 0 aliphatic carbocycles. The van der Waals surface area contributed by atoms with E-state index in [2.05, 4.69) is 10.3 Å². The molecule has 0 saturated carbocycles. The minimum absolute atomic E-state index is 0.0287. The monoisotopic (exact) mass is 249 g/mol. The average molecular weight is 249 g/mol. The minimum atomic E-state index is -0.0591. The highest BCUT2D eigenvalue weighted by Gasteiger charge is 2.28. The Morgan fingerprint density at radius 2 is 2.44 bits per heavy atom. The first-order valence-electron chi connectivity index (χ1n) is 6.31. The molecular weight excluding hydrogens is 230 g/mol. The predicted molar refractivity (Wildman–Crippen MR) is 69.5 cm³/mol. The lowest BCUT2D eigenvalue weighted by Gasteiger charge is -2.34. The van der Waals surface area contributed by atoms with Gasteiger partial charge in [0.2, 0.25) is 0 Å². The van der Waals surface area contributed by atoms with Crippen LogP contribution in [0.2, 0.25) is 0 Å². The number of hydrogen-bond acceptors (Lipinski definition) is 4. The zero-order valence-corrected chi connectivity index (χ0v) is 10.6. The molecular formula is C13H19N3O2. The third-order valence-corrected chi connectivity index (χ3v) is 3.42. The summed E-state index contributed by atoms with van der Waals surface area (Å²) < 4.78 is 0. The molecule has 1 saturated heterocycles. The van der Waals surface area contributed by atoms with Crippen LogP contribution in [0.1, 0.15) is 29.6 Å². The van der Waals surface area contributed by atoms with Gasteiger partial charge in [0, 0.05) is 31.7 Å². The zero-order chi connectivity index (χ0) is 13.0. The number of pyridine rings is 1. The van der Waals surface area contributed by atoms with Gasteiger partial charge in [-0.05, 0) is 25.3 Å². The highest BCUT2D eigenvalue weighted by atomic mass is 16.3. The molecule has 0 spiro atoms. The molecule has 1 fully saturated rings. The molecule has 1 atom stereocenters. The summed E-state index contributed by atoms with van der Waals surface area (Å²) in [5, 5.41) is 12.4. The standard InChI is InChI=1S/C13H19N3O2/c1-14-12-5-6-15-8-11(12)13(18)16-7-3-2-4-10(16)9-17/h5-6,8,10,17H,2-4,7,9H2,1H3,(H,14,15). The summed E-state index contributed by atoms with van der Waals surface area (Å²) in [6, 6.07) is 1.72. The van der Waals surface area contributed by atoms with E-state index in [-0.39, 0.29) is 18.6 Å². The summed E-state index contributed by atoms with van der Waals surface area (Å²) in [4.78, 5) is 18.3. The normalized spacial score (nSPS) is 19.7. The lowest BCUT2D eigenvalue weighted by molar-refractivity contribution is 0.0503. The van der Waals surface area contributed by atoms with Gasteiger partial charge < -0.3 is 15.3 Å². The Labute approximate surface area is 107 Å². The third-order valence-electron chi connectivity index (χ3n) is 3.42. The molecule has 2 heterocycles. The number of aliphatic hydroxyl groups excluding tert-OH is 1. The summed E-state index contributed by atoms with van der Waals surface area (Å²) in [5.74, 6) is -0.0498. The van der Waals surface area contributed by atoms with Crippen molar-refractivity contribution in [1.82, 2.24) is 9.88 Å². The molecule has 1 amide bonds. The smallest absolute Gasteiger partial charge is 0.257 e. The van der Waals surface area contributed by atoms with Crippen molar-refractivity contribution in [3.63, 3.8) is 0 Å². The van der Waals surface area contributed by atoms with Crippen molar-refractivity contribution in [3.8, 4) is 0 Å². The van der Waals surface area contributed by atoms with E-state index in [9.17, 15) is 9.90 Å². The lowest BCUT2D eigenvalue weighted by Crippen LogP contribution is -2.45. The number of aliphatic hydroxyl groups is 1.